The van der Waals surface area contributed by atoms with Crippen molar-refractivity contribution in [2.45, 2.75) is 18.2 Å². The number of nitrogens with one attached hydrogen (secondary N) is 1. The van der Waals surface area contributed by atoms with Gasteiger partial charge < -0.3 is 9.64 Å². The second-order valence-electron chi connectivity index (χ2n) is 8.32. The van der Waals surface area contributed by atoms with E-state index >= 15 is 0 Å². The highest BCUT2D eigenvalue weighted by Crippen LogP contribution is 2.26. The number of amides is 1. The van der Waals surface area contributed by atoms with Crippen LogP contribution in [0.15, 0.2) is 64.9 Å². The summed E-state index contributed by atoms with van der Waals surface area (Å²) in [6.07, 6.45) is 0.927. The van der Waals surface area contributed by atoms with Crippen LogP contribution < -0.4 is 9.46 Å². The third-order valence-electron chi connectivity index (χ3n) is 5.95. The maximum atomic E-state index is 13.2. The number of carbonyl (C=O) groups excluding carboxylic acids is 1. The number of aryl methyl sites for hydroxylation is 1. The lowest BCUT2D eigenvalue weighted by Crippen LogP contribution is -2.49. The number of rotatable bonds is 8. The molecule has 1 aliphatic rings. The molecule has 0 spiro atoms. The first kappa shape index (κ1) is 24.3. The standard InChI is InChI=1S/C25H29N3O4S2/c1-19-3-7-21(8-4-19)26-34(30,31)23-12-18-33-24(23)25(29)28-16-14-27(15-17-28)13-11-20-5-9-22(32-2)10-6-20/h3-10,12,18,26H,11,13-17H2,1-2H3. The van der Waals surface area contributed by atoms with E-state index in [0.29, 0.717) is 18.8 Å². The Morgan fingerprint density at radius 2 is 1.68 bits per heavy atom. The number of hydrogen-bond donors (Lipinski definition) is 1. The molecule has 4 rings (SSSR count). The van der Waals surface area contributed by atoms with Crippen LogP contribution in [0.1, 0.15) is 20.8 Å². The average Bonchev–Trinajstić information content (AvgIpc) is 3.35. The molecule has 0 saturated carbocycles. The van der Waals surface area contributed by atoms with Gasteiger partial charge in [0.05, 0.1) is 7.11 Å². The third-order valence-corrected chi connectivity index (χ3v) is 8.41. The molecule has 2 aromatic carbocycles. The van der Waals surface area contributed by atoms with E-state index in [1.54, 1.807) is 29.5 Å². The van der Waals surface area contributed by atoms with Crippen LogP contribution in [0, 0.1) is 6.92 Å². The van der Waals surface area contributed by atoms with Crippen LogP contribution in [0.3, 0.4) is 0 Å². The lowest BCUT2D eigenvalue weighted by atomic mass is 10.1. The van der Waals surface area contributed by atoms with Gasteiger partial charge in [-0.25, -0.2) is 8.42 Å². The molecule has 2 heterocycles. The number of anilines is 1. The number of thiophene rings is 1. The van der Waals surface area contributed by atoms with Crippen LogP contribution in [0.25, 0.3) is 0 Å². The molecule has 1 N–H and O–H groups in total. The van der Waals surface area contributed by atoms with E-state index in [2.05, 4.69) is 21.8 Å². The molecule has 0 aliphatic carbocycles. The molecule has 0 bridgehead atoms. The number of methoxy groups -OCH3 is 1. The molecule has 1 saturated heterocycles. The predicted octanol–water partition coefficient (Wildman–Crippen LogP) is 3.87. The highest BCUT2D eigenvalue weighted by molar-refractivity contribution is 7.93. The van der Waals surface area contributed by atoms with E-state index in [1.165, 1.54) is 23.0 Å². The number of hydrogen-bond acceptors (Lipinski definition) is 6. The predicted molar refractivity (Wildman–Crippen MR) is 135 cm³/mol. The van der Waals surface area contributed by atoms with Gasteiger partial charge in [-0.05, 0) is 54.6 Å². The molecule has 1 aromatic heterocycles. The van der Waals surface area contributed by atoms with Gasteiger partial charge in [0.1, 0.15) is 15.5 Å². The van der Waals surface area contributed by atoms with Crippen molar-refractivity contribution in [3.8, 4) is 5.75 Å². The molecule has 1 aliphatic heterocycles. The summed E-state index contributed by atoms with van der Waals surface area (Å²) in [5.74, 6) is 0.619. The number of nitrogens with zero attached hydrogens (tertiary/aromatic N) is 2. The molecule has 34 heavy (non-hydrogen) atoms. The summed E-state index contributed by atoms with van der Waals surface area (Å²) in [6.45, 7) is 5.52. The molecular formula is C25H29N3O4S2. The van der Waals surface area contributed by atoms with Crippen LogP contribution in [-0.4, -0.2) is 64.0 Å². The van der Waals surface area contributed by atoms with Gasteiger partial charge in [-0.3, -0.25) is 14.4 Å². The molecule has 9 heteroatoms. The molecule has 1 fully saturated rings. The van der Waals surface area contributed by atoms with Crippen LogP contribution in [0.5, 0.6) is 5.75 Å². The molecule has 180 valence electrons. The van der Waals surface area contributed by atoms with Crippen molar-refractivity contribution in [2.75, 3.05) is 44.6 Å². The van der Waals surface area contributed by atoms with E-state index in [-0.39, 0.29) is 15.7 Å². The Kier molecular flexibility index (Phi) is 7.55. The van der Waals surface area contributed by atoms with E-state index in [1.807, 2.05) is 31.2 Å². The topological polar surface area (TPSA) is 79.0 Å². The summed E-state index contributed by atoms with van der Waals surface area (Å²) in [7, 11) is -2.20. The molecule has 1 amide bonds. The summed E-state index contributed by atoms with van der Waals surface area (Å²) >= 11 is 1.17. The minimum absolute atomic E-state index is 0.0324. The lowest BCUT2D eigenvalue weighted by molar-refractivity contribution is 0.0640. The average molecular weight is 500 g/mol. The van der Waals surface area contributed by atoms with Crippen LogP contribution in [-0.2, 0) is 16.4 Å². The monoisotopic (exact) mass is 499 g/mol. The molecular weight excluding hydrogens is 470 g/mol. The highest BCUT2D eigenvalue weighted by Gasteiger charge is 2.29. The number of piperazine rings is 1. The minimum atomic E-state index is -3.86. The maximum Gasteiger partial charge on any atom is 0.265 e. The first-order valence-electron chi connectivity index (χ1n) is 11.2. The van der Waals surface area contributed by atoms with Crippen molar-refractivity contribution in [3.05, 3.63) is 76.0 Å². The molecule has 0 radical (unpaired) electrons. The fourth-order valence-electron chi connectivity index (χ4n) is 3.89. The van der Waals surface area contributed by atoms with Crippen molar-refractivity contribution in [3.63, 3.8) is 0 Å². The SMILES string of the molecule is COc1ccc(CCN2CCN(C(=O)c3sccc3S(=O)(=O)Nc3ccc(C)cc3)CC2)cc1. The zero-order valence-electron chi connectivity index (χ0n) is 19.4. The lowest BCUT2D eigenvalue weighted by Gasteiger charge is -2.34. The zero-order chi connectivity index (χ0) is 24.1. The molecule has 3 aromatic rings. The van der Waals surface area contributed by atoms with Gasteiger partial charge >= 0.3 is 0 Å². The Labute approximate surface area is 205 Å². The van der Waals surface area contributed by atoms with Gasteiger partial charge in [-0.1, -0.05) is 29.8 Å². The van der Waals surface area contributed by atoms with Gasteiger partial charge in [0.25, 0.3) is 15.9 Å². The first-order chi connectivity index (χ1) is 16.4. The van der Waals surface area contributed by atoms with Crippen molar-refractivity contribution >= 4 is 33.0 Å². The van der Waals surface area contributed by atoms with Crippen LogP contribution in [0.4, 0.5) is 5.69 Å². The second-order valence-corrected chi connectivity index (χ2v) is 10.9. The Balaban J connectivity index is 1.34. The minimum Gasteiger partial charge on any atom is -0.497 e. The van der Waals surface area contributed by atoms with Crippen molar-refractivity contribution in [2.24, 2.45) is 0 Å². The van der Waals surface area contributed by atoms with Crippen molar-refractivity contribution < 1.29 is 17.9 Å². The number of sulfonamides is 1. The third kappa shape index (κ3) is 5.78. The zero-order valence-corrected chi connectivity index (χ0v) is 21.0. The molecule has 0 atom stereocenters. The Bertz CT molecular complexity index is 1210. The highest BCUT2D eigenvalue weighted by atomic mass is 32.2. The Morgan fingerprint density at radius 3 is 2.32 bits per heavy atom. The normalized spacial score (nSPS) is 14.7. The quantitative estimate of drug-likeness (QED) is 0.509. The van der Waals surface area contributed by atoms with Crippen molar-refractivity contribution in [1.29, 1.82) is 0 Å². The first-order valence-corrected chi connectivity index (χ1v) is 13.5. The summed E-state index contributed by atoms with van der Waals surface area (Å²) in [5.41, 5.74) is 2.76. The summed E-state index contributed by atoms with van der Waals surface area (Å²) in [4.78, 5) is 17.6. The fourth-order valence-corrected chi connectivity index (χ4v) is 6.34. The van der Waals surface area contributed by atoms with E-state index in [9.17, 15) is 13.2 Å². The van der Waals surface area contributed by atoms with Gasteiger partial charge in [0.15, 0.2) is 0 Å². The van der Waals surface area contributed by atoms with E-state index in [4.69, 9.17) is 4.74 Å². The summed E-state index contributed by atoms with van der Waals surface area (Å²) in [6, 6.07) is 16.7. The summed E-state index contributed by atoms with van der Waals surface area (Å²) < 4.78 is 33.7. The number of carbonyl (C=O) groups is 1. The van der Waals surface area contributed by atoms with Gasteiger partial charge in [-0.2, -0.15) is 0 Å². The largest absolute Gasteiger partial charge is 0.497 e. The van der Waals surface area contributed by atoms with Gasteiger partial charge in [0.2, 0.25) is 0 Å². The summed E-state index contributed by atoms with van der Waals surface area (Å²) in [5, 5.41) is 1.65. The smallest absolute Gasteiger partial charge is 0.265 e. The number of ether oxygens (including phenoxy) is 1. The van der Waals surface area contributed by atoms with Crippen molar-refractivity contribution in [1.82, 2.24) is 9.80 Å². The van der Waals surface area contributed by atoms with Gasteiger partial charge in [0, 0.05) is 38.4 Å². The Hall–Kier alpha value is -2.88. The number of benzene rings is 2. The Morgan fingerprint density at radius 1 is 1.00 bits per heavy atom. The van der Waals surface area contributed by atoms with E-state index in [0.717, 1.165) is 37.4 Å². The molecule has 0 unspecified atom stereocenters. The van der Waals surface area contributed by atoms with E-state index < -0.39 is 10.0 Å². The molecule has 7 nitrogen and oxygen atoms in total. The second kappa shape index (κ2) is 10.6. The van der Waals surface area contributed by atoms with Gasteiger partial charge in [-0.15, -0.1) is 11.3 Å². The maximum absolute atomic E-state index is 13.2. The van der Waals surface area contributed by atoms with Crippen LogP contribution in [0.2, 0.25) is 0 Å². The van der Waals surface area contributed by atoms with Crippen LogP contribution >= 0.6 is 11.3 Å². The fraction of sp³-hybridized carbons (Fsp3) is 0.320.